The molecule has 0 radical (unpaired) electrons. The second-order valence-corrected chi connectivity index (χ2v) is 2.65. The fourth-order valence-electron chi connectivity index (χ4n) is 0.626. The largest absolute Gasteiger partial charge is 0.299 e. The van der Waals surface area contributed by atoms with Gasteiger partial charge in [-0.3, -0.25) is 4.79 Å². The van der Waals surface area contributed by atoms with Crippen LogP contribution in [-0.4, -0.2) is 16.5 Å². The predicted octanol–water partition coefficient (Wildman–Crippen LogP) is 2.00. The van der Waals surface area contributed by atoms with E-state index in [4.69, 9.17) is 23.2 Å². The summed E-state index contributed by atoms with van der Waals surface area (Å²) in [5.41, 5.74) is 0.573. The van der Waals surface area contributed by atoms with Gasteiger partial charge in [-0.05, 0) is 18.2 Å². The minimum Gasteiger partial charge on any atom is -0.299 e. The zero-order chi connectivity index (χ0) is 8.97. The molecule has 0 aliphatic rings. The van der Waals surface area contributed by atoms with Crippen molar-refractivity contribution in [2.45, 2.75) is 0 Å². The first-order valence-electron chi connectivity index (χ1n) is 3.04. The Morgan fingerprint density at radius 1 is 1.33 bits per heavy atom. The third kappa shape index (κ3) is 2.29. The Labute approximate surface area is 79.0 Å². The number of allylic oxidation sites excluding steroid dienone is 1. The van der Waals surface area contributed by atoms with Crippen molar-refractivity contribution in [1.82, 2.24) is 10.2 Å². The van der Waals surface area contributed by atoms with Gasteiger partial charge in [-0.2, -0.15) is 0 Å². The molecule has 0 spiro atoms. The molecular formula is C7H4Cl2N2O. The highest BCUT2D eigenvalue weighted by molar-refractivity contribution is 6.32. The standard InChI is InChI=1S/C7H4Cl2N2O/c8-6-4-5(2-1-3-12)7(9)11-10-6/h1-4H/b2-1+. The molecule has 5 heteroatoms. The van der Waals surface area contributed by atoms with E-state index in [0.29, 0.717) is 11.8 Å². The molecule has 0 aliphatic carbocycles. The number of halogens is 2. The maximum atomic E-state index is 9.98. The van der Waals surface area contributed by atoms with Crippen molar-refractivity contribution in [3.05, 3.63) is 28.0 Å². The van der Waals surface area contributed by atoms with Crippen LogP contribution in [0.2, 0.25) is 10.3 Å². The summed E-state index contributed by atoms with van der Waals surface area (Å²) in [6.07, 6.45) is 3.46. The number of carbonyl (C=O) groups excluding carboxylic acids is 1. The van der Waals surface area contributed by atoms with Crippen LogP contribution in [0.5, 0.6) is 0 Å². The van der Waals surface area contributed by atoms with Crippen LogP contribution < -0.4 is 0 Å². The van der Waals surface area contributed by atoms with Gasteiger partial charge in [0.2, 0.25) is 0 Å². The molecule has 12 heavy (non-hydrogen) atoms. The Balaban J connectivity index is 3.04. The predicted molar refractivity (Wildman–Crippen MR) is 47.2 cm³/mol. The Hall–Kier alpha value is -0.930. The molecule has 0 saturated heterocycles. The Bertz CT molecular complexity index is 325. The molecule has 3 nitrogen and oxygen atoms in total. The molecule has 0 N–H and O–H groups in total. The average Bonchev–Trinajstić information content (AvgIpc) is 2.07. The van der Waals surface area contributed by atoms with Gasteiger partial charge in [0.25, 0.3) is 0 Å². The summed E-state index contributed by atoms with van der Waals surface area (Å²) in [4.78, 5) is 9.98. The van der Waals surface area contributed by atoms with E-state index in [1.165, 1.54) is 18.2 Å². The summed E-state index contributed by atoms with van der Waals surface area (Å²) >= 11 is 11.2. The van der Waals surface area contributed by atoms with Crippen molar-refractivity contribution >= 4 is 35.6 Å². The van der Waals surface area contributed by atoms with Gasteiger partial charge in [0, 0.05) is 5.56 Å². The maximum Gasteiger partial charge on any atom is 0.159 e. The third-order valence-electron chi connectivity index (χ3n) is 1.10. The van der Waals surface area contributed by atoms with Crippen LogP contribution >= 0.6 is 23.2 Å². The lowest BCUT2D eigenvalue weighted by Gasteiger charge is -1.94. The van der Waals surface area contributed by atoms with Gasteiger partial charge in [0.1, 0.15) is 6.29 Å². The normalized spacial score (nSPS) is 10.5. The van der Waals surface area contributed by atoms with Crippen LogP contribution in [-0.2, 0) is 4.79 Å². The quantitative estimate of drug-likeness (QED) is 0.545. The van der Waals surface area contributed by atoms with E-state index in [2.05, 4.69) is 10.2 Å². The number of nitrogens with zero attached hydrogens (tertiary/aromatic N) is 2. The number of aromatic nitrogens is 2. The number of hydrogen-bond acceptors (Lipinski definition) is 3. The van der Waals surface area contributed by atoms with E-state index >= 15 is 0 Å². The molecule has 0 aliphatic heterocycles. The Morgan fingerprint density at radius 2 is 2.08 bits per heavy atom. The number of aldehydes is 1. The van der Waals surface area contributed by atoms with Crippen LogP contribution in [0.1, 0.15) is 5.56 Å². The van der Waals surface area contributed by atoms with Gasteiger partial charge in [0.05, 0.1) is 0 Å². The summed E-state index contributed by atoms with van der Waals surface area (Å²) in [7, 11) is 0. The first kappa shape index (κ1) is 9.16. The van der Waals surface area contributed by atoms with Gasteiger partial charge in [0.15, 0.2) is 10.3 Å². The lowest BCUT2D eigenvalue weighted by atomic mass is 10.3. The summed E-state index contributed by atoms with van der Waals surface area (Å²) in [5.74, 6) is 0. The lowest BCUT2D eigenvalue weighted by Crippen LogP contribution is -1.86. The van der Waals surface area contributed by atoms with Gasteiger partial charge < -0.3 is 0 Å². The van der Waals surface area contributed by atoms with E-state index in [9.17, 15) is 4.79 Å². The summed E-state index contributed by atoms with van der Waals surface area (Å²) in [6.45, 7) is 0. The minimum atomic E-state index is 0.220. The summed E-state index contributed by atoms with van der Waals surface area (Å²) in [5, 5.41) is 7.52. The van der Waals surface area contributed by atoms with Crippen molar-refractivity contribution in [2.75, 3.05) is 0 Å². The molecule has 1 aromatic rings. The number of hydrogen-bond donors (Lipinski definition) is 0. The van der Waals surface area contributed by atoms with Gasteiger partial charge in [-0.1, -0.05) is 23.2 Å². The molecule has 62 valence electrons. The fourth-order valence-corrected chi connectivity index (χ4v) is 0.937. The van der Waals surface area contributed by atoms with Crippen LogP contribution in [0, 0.1) is 0 Å². The first-order chi connectivity index (χ1) is 5.74. The molecular weight excluding hydrogens is 199 g/mol. The van der Waals surface area contributed by atoms with E-state index in [1.54, 1.807) is 0 Å². The van der Waals surface area contributed by atoms with E-state index in [1.807, 2.05) is 0 Å². The first-order valence-corrected chi connectivity index (χ1v) is 3.80. The Morgan fingerprint density at radius 3 is 2.75 bits per heavy atom. The maximum absolute atomic E-state index is 9.98. The molecule has 0 atom stereocenters. The molecule has 0 amide bonds. The van der Waals surface area contributed by atoms with Crippen molar-refractivity contribution < 1.29 is 4.79 Å². The number of carbonyl (C=O) groups is 1. The molecule has 1 aromatic heterocycles. The van der Waals surface area contributed by atoms with Gasteiger partial charge in [-0.25, -0.2) is 0 Å². The van der Waals surface area contributed by atoms with Gasteiger partial charge >= 0.3 is 0 Å². The highest BCUT2D eigenvalue weighted by Gasteiger charge is 1.99. The smallest absolute Gasteiger partial charge is 0.159 e. The van der Waals surface area contributed by atoms with Crippen molar-refractivity contribution in [3.63, 3.8) is 0 Å². The molecule has 0 aromatic carbocycles. The second-order valence-electron chi connectivity index (χ2n) is 1.91. The molecule has 0 bridgehead atoms. The fraction of sp³-hybridized carbons (Fsp3) is 0. The zero-order valence-corrected chi connectivity index (χ0v) is 7.38. The SMILES string of the molecule is O=C/C=C/c1cc(Cl)nnc1Cl. The van der Waals surface area contributed by atoms with Crippen molar-refractivity contribution in [1.29, 1.82) is 0 Å². The van der Waals surface area contributed by atoms with E-state index in [0.717, 1.165) is 0 Å². The average molecular weight is 203 g/mol. The van der Waals surface area contributed by atoms with Crippen LogP contribution in [0.4, 0.5) is 0 Å². The van der Waals surface area contributed by atoms with E-state index in [-0.39, 0.29) is 10.3 Å². The van der Waals surface area contributed by atoms with E-state index < -0.39 is 0 Å². The minimum absolute atomic E-state index is 0.220. The second kappa shape index (κ2) is 4.18. The summed E-state index contributed by atoms with van der Waals surface area (Å²) in [6, 6.07) is 1.52. The molecule has 0 unspecified atom stereocenters. The molecule has 0 saturated carbocycles. The van der Waals surface area contributed by atoms with Gasteiger partial charge in [-0.15, -0.1) is 10.2 Å². The lowest BCUT2D eigenvalue weighted by molar-refractivity contribution is -0.104. The van der Waals surface area contributed by atoms with Crippen LogP contribution in [0.15, 0.2) is 12.1 Å². The van der Waals surface area contributed by atoms with Crippen molar-refractivity contribution in [2.24, 2.45) is 0 Å². The summed E-state index contributed by atoms with van der Waals surface area (Å²) < 4.78 is 0. The highest BCUT2D eigenvalue weighted by atomic mass is 35.5. The Kier molecular flexibility index (Phi) is 3.19. The monoisotopic (exact) mass is 202 g/mol. The highest BCUT2D eigenvalue weighted by Crippen LogP contribution is 2.16. The topological polar surface area (TPSA) is 42.9 Å². The third-order valence-corrected chi connectivity index (χ3v) is 1.58. The van der Waals surface area contributed by atoms with Crippen LogP contribution in [0.3, 0.4) is 0 Å². The molecule has 1 heterocycles. The molecule has 1 rings (SSSR count). The zero-order valence-electron chi connectivity index (χ0n) is 5.87. The number of rotatable bonds is 2. The van der Waals surface area contributed by atoms with Crippen molar-refractivity contribution in [3.8, 4) is 0 Å². The van der Waals surface area contributed by atoms with Crippen LogP contribution in [0.25, 0.3) is 6.08 Å². The molecule has 0 fully saturated rings.